The van der Waals surface area contributed by atoms with Gasteiger partial charge in [0, 0.05) is 25.7 Å². The summed E-state index contributed by atoms with van der Waals surface area (Å²) in [6, 6.07) is 6.57. The molecule has 164 valence electrons. The van der Waals surface area contributed by atoms with E-state index in [2.05, 4.69) is 42.4 Å². The molecule has 1 heterocycles. The van der Waals surface area contributed by atoms with Gasteiger partial charge in [0.05, 0.1) is 39.0 Å². The topological polar surface area (TPSA) is 67.4 Å². The number of hydrogen-bond acceptors (Lipinski definition) is 5. The van der Waals surface area contributed by atoms with E-state index < -0.39 is 0 Å². The first-order valence-corrected chi connectivity index (χ1v) is 10.8. The lowest BCUT2D eigenvalue weighted by Gasteiger charge is -2.31. The van der Waals surface area contributed by atoms with Gasteiger partial charge in [-0.15, -0.1) is 0 Å². The van der Waals surface area contributed by atoms with Crippen molar-refractivity contribution in [2.24, 2.45) is 4.99 Å². The van der Waals surface area contributed by atoms with Crippen LogP contribution in [0.1, 0.15) is 46.2 Å². The highest BCUT2D eigenvalue weighted by atomic mass is 16.5. The van der Waals surface area contributed by atoms with Crippen molar-refractivity contribution in [2.75, 3.05) is 52.6 Å². The Bertz CT molecular complexity index is 632. The fourth-order valence-corrected chi connectivity index (χ4v) is 3.30. The van der Waals surface area contributed by atoms with Crippen LogP contribution in [-0.4, -0.2) is 69.5 Å². The van der Waals surface area contributed by atoms with Crippen LogP contribution in [0.15, 0.2) is 23.2 Å². The summed E-state index contributed by atoms with van der Waals surface area (Å²) < 4.78 is 16.9. The lowest BCUT2D eigenvalue weighted by molar-refractivity contribution is 0.0220. The molecule has 7 nitrogen and oxygen atoms in total. The van der Waals surface area contributed by atoms with Crippen LogP contribution in [0.4, 0.5) is 0 Å². The molecule has 29 heavy (non-hydrogen) atoms. The number of ether oxygens (including phenoxy) is 3. The third-order valence-electron chi connectivity index (χ3n) is 4.95. The molecule has 1 saturated heterocycles. The molecule has 0 bridgehead atoms. The molecular weight excluding hydrogens is 368 g/mol. The highest BCUT2D eigenvalue weighted by Gasteiger charge is 2.17. The molecule has 1 aromatic carbocycles. The fourth-order valence-electron chi connectivity index (χ4n) is 3.30. The standard InChI is InChI=1S/C22H38N4O3/c1-6-23-22(24-16-17(4)26-11-13-27-14-12-26)25-18(5)19-9-10-20(28-7-2)21(15-19)29-8-3/h9-10,15,17-18H,6-8,11-14,16H2,1-5H3,(H2,23,24,25). The van der Waals surface area contributed by atoms with E-state index in [4.69, 9.17) is 19.2 Å². The Labute approximate surface area is 175 Å². The molecule has 1 fully saturated rings. The second kappa shape index (κ2) is 12.5. The molecule has 2 atom stereocenters. The molecule has 0 radical (unpaired) electrons. The lowest BCUT2D eigenvalue weighted by atomic mass is 10.1. The Hall–Kier alpha value is -1.99. The van der Waals surface area contributed by atoms with E-state index in [1.54, 1.807) is 0 Å². The summed E-state index contributed by atoms with van der Waals surface area (Å²) in [5, 5.41) is 6.87. The number of guanidine groups is 1. The van der Waals surface area contributed by atoms with E-state index in [0.717, 1.165) is 62.4 Å². The van der Waals surface area contributed by atoms with Gasteiger partial charge < -0.3 is 24.8 Å². The van der Waals surface area contributed by atoms with Gasteiger partial charge in [0.15, 0.2) is 17.5 Å². The summed E-state index contributed by atoms with van der Waals surface area (Å²) in [5.74, 6) is 2.39. The third kappa shape index (κ3) is 7.40. The molecule has 7 heteroatoms. The molecule has 0 spiro atoms. The second-order valence-corrected chi connectivity index (χ2v) is 7.16. The van der Waals surface area contributed by atoms with E-state index in [0.29, 0.717) is 19.3 Å². The minimum Gasteiger partial charge on any atom is -0.490 e. The van der Waals surface area contributed by atoms with Gasteiger partial charge in [-0.3, -0.25) is 9.89 Å². The molecule has 0 aromatic heterocycles. The van der Waals surface area contributed by atoms with Gasteiger partial charge in [0.25, 0.3) is 0 Å². The van der Waals surface area contributed by atoms with Crippen LogP contribution in [0.2, 0.25) is 0 Å². The van der Waals surface area contributed by atoms with Gasteiger partial charge in [-0.25, -0.2) is 0 Å². The number of morpholine rings is 1. The van der Waals surface area contributed by atoms with Gasteiger partial charge in [0.2, 0.25) is 0 Å². The second-order valence-electron chi connectivity index (χ2n) is 7.16. The van der Waals surface area contributed by atoms with E-state index in [1.807, 2.05) is 26.0 Å². The zero-order valence-corrected chi connectivity index (χ0v) is 18.7. The fraction of sp³-hybridized carbons (Fsp3) is 0.682. The number of nitrogens with one attached hydrogen (secondary N) is 2. The van der Waals surface area contributed by atoms with Crippen molar-refractivity contribution in [2.45, 2.75) is 46.7 Å². The maximum Gasteiger partial charge on any atom is 0.191 e. The molecule has 1 aliphatic rings. The Morgan fingerprint density at radius 2 is 1.79 bits per heavy atom. The quantitative estimate of drug-likeness (QED) is 0.460. The van der Waals surface area contributed by atoms with Crippen molar-refractivity contribution >= 4 is 5.96 Å². The first-order valence-electron chi connectivity index (χ1n) is 10.8. The van der Waals surface area contributed by atoms with Crippen LogP contribution in [-0.2, 0) is 4.74 Å². The van der Waals surface area contributed by atoms with Crippen molar-refractivity contribution in [1.29, 1.82) is 0 Å². The number of hydrogen-bond donors (Lipinski definition) is 2. The van der Waals surface area contributed by atoms with Crippen LogP contribution in [0, 0.1) is 0 Å². The molecule has 0 amide bonds. The third-order valence-corrected chi connectivity index (χ3v) is 4.95. The van der Waals surface area contributed by atoms with Crippen LogP contribution in [0.3, 0.4) is 0 Å². The van der Waals surface area contributed by atoms with E-state index in [1.165, 1.54) is 0 Å². The first kappa shape index (κ1) is 23.3. The normalized spacial score (nSPS) is 17.5. The predicted molar refractivity (Wildman–Crippen MR) is 118 cm³/mol. The van der Waals surface area contributed by atoms with Crippen LogP contribution < -0.4 is 20.1 Å². The maximum absolute atomic E-state index is 5.76. The number of aliphatic imine (C=N–C) groups is 1. The van der Waals surface area contributed by atoms with Gasteiger partial charge in [0.1, 0.15) is 0 Å². The van der Waals surface area contributed by atoms with Gasteiger partial charge >= 0.3 is 0 Å². The summed E-state index contributed by atoms with van der Waals surface area (Å²) in [6.07, 6.45) is 0. The highest BCUT2D eigenvalue weighted by Crippen LogP contribution is 2.30. The number of nitrogens with zero attached hydrogens (tertiary/aromatic N) is 2. The Morgan fingerprint density at radius 3 is 2.45 bits per heavy atom. The molecular formula is C22H38N4O3. The van der Waals surface area contributed by atoms with Crippen molar-refractivity contribution in [3.8, 4) is 11.5 Å². The molecule has 2 N–H and O–H groups in total. The zero-order valence-electron chi connectivity index (χ0n) is 18.7. The number of benzene rings is 1. The van der Waals surface area contributed by atoms with Gasteiger partial charge in [-0.1, -0.05) is 6.07 Å². The predicted octanol–water partition coefficient (Wildman–Crippen LogP) is 2.82. The van der Waals surface area contributed by atoms with E-state index in [9.17, 15) is 0 Å². The van der Waals surface area contributed by atoms with Crippen LogP contribution in [0.25, 0.3) is 0 Å². The molecule has 2 rings (SSSR count). The van der Waals surface area contributed by atoms with E-state index >= 15 is 0 Å². The van der Waals surface area contributed by atoms with Crippen LogP contribution in [0.5, 0.6) is 11.5 Å². The highest BCUT2D eigenvalue weighted by molar-refractivity contribution is 5.80. The monoisotopic (exact) mass is 406 g/mol. The molecule has 2 unspecified atom stereocenters. The van der Waals surface area contributed by atoms with Crippen molar-refractivity contribution in [3.63, 3.8) is 0 Å². The molecule has 0 saturated carbocycles. The molecule has 1 aromatic rings. The van der Waals surface area contributed by atoms with Crippen molar-refractivity contribution in [3.05, 3.63) is 23.8 Å². The largest absolute Gasteiger partial charge is 0.490 e. The zero-order chi connectivity index (χ0) is 21.1. The summed E-state index contributed by atoms with van der Waals surface area (Å²) in [5.41, 5.74) is 1.13. The summed E-state index contributed by atoms with van der Waals surface area (Å²) >= 11 is 0. The molecule has 0 aliphatic carbocycles. The average molecular weight is 407 g/mol. The molecule has 1 aliphatic heterocycles. The van der Waals surface area contributed by atoms with Gasteiger partial charge in [-0.05, 0) is 52.3 Å². The minimum atomic E-state index is 0.0846. The summed E-state index contributed by atoms with van der Waals surface area (Å²) in [4.78, 5) is 7.25. The Balaban J connectivity index is 2.03. The van der Waals surface area contributed by atoms with E-state index in [-0.39, 0.29) is 6.04 Å². The lowest BCUT2D eigenvalue weighted by Crippen LogP contribution is -2.44. The Morgan fingerprint density at radius 1 is 1.10 bits per heavy atom. The summed E-state index contributed by atoms with van der Waals surface area (Å²) in [6.45, 7) is 16.7. The SMILES string of the molecule is CCNC(=NCC(C)N1CCOCC1)NC(C)c1ccc(OCC)c(OCC)c1. The van der Waals surface area contributed by atoms with Crippen LogP contribution >= 0.6 is 0 Å². The maximum atomic E-state index is 5.76. The number of rotatable bonds is 10. The van der Waals surface area contributed by atoms with Gasteiger partial charge in [-0.2, -0.15) is 0 Å². The van der Waals surface area contributed by atoms with Crippen molar-refractivity contribution in [1.82, 2.24) is 15.5 Å². The smallest absolute Gasteiger partial charge is 0.191 e. The minimum absolute atomic E-state index is 0.0846. The first-order chi connectivity index (χ1) is 14.1. The van der Waals surface area contributed by atoms with Crippen molar-refractivity contribution < 1.29 is 14.2 Å². The summed E-state index contributed by atoms with van der Waals surface area (Å²) in [7, 11) is 0. The average Bonchev–Trinajstić information content (AvgIpc) is 2.74. The Kier molecular flexibility index (Phi) is 10.1.